The molecule has 10 heteroatoms. The molecular weight excluding hydrogens is 425 g/mol. The highest BCUT2D eigenvalue weighted by Gasteiger charge is 2.29. The van der Waals surface area contributed by atoms with Crippen molar-refractivity contribution in [2.45, 2.75) is 37.2 Å². The second-order valence-electron chi connectivity index (χ2n) is 7.41. The van der Waals surface area contributed by atoms with Crippen molar-refractivity contribution in [3.63, 3.8) is 0 Å². The number of benzene rings is 2. The summed E-state index contributed by atoms with van der Waals surface area (Å²) in [7, 11) is -3.06. The first-order valence-electron chi connectivity index (χ1n) is 9.66. The lowest BCUT2D eigenvalue weighted by molar-refractivity contribution is -0.122. The number of carbonyl (C=O) groups excluding carboxylic acids is 2. The molecule has 3 N–H and O–H groups in total. The molecule has 2 aromatic rings. The van der Waals surface area contributed by atoms with E-state index in [1.54, 1.807) is 18.2 Å². The predicted octanol–water partition coefficient (Wildman–Crippen LogP) is 2.17. The third-order valence-corrected chi connectivity index (χ3v) is 6.77. The fraction of sp³-hybridized carbons (Fsp3) is 0.333. The van der Waals surface area contributed by atoms with Gasteiger partial charge in [-0.25, -0.2) is 17.6 Å². The zero-order valence-corrected chi connectivity index (χ0v) is 18.0. The number of anilines is 1. The second kappa shape index (κ2) is 9.03. The smallest absolute Gasteiger partial charge is 0.337 e. The molecule has 0 spiro atoms. The Kier molecular flexibility index (Phi) is 6.61. The lowest BCUT2D eigenvalue weighted by atomic mass is 10.1. The minimum atomic E-state index is -4.18. The normalized spacial score (nSPS) is 16.8. The quantitative estimate of drug-likeness (QED) is 0.626. The number of hydrogen-bond acceptors (Lipinski definition) is 6. The first kappa shape index (κ1) is 22.7. The molecule has 166 valence electrons. The molecule has 0 saturated carbocycles. The number of primary amides is 1. The van der Waals surface area contributed by atoms with Crippen molar-refractivity contribution in [2.75, 3.05) is 18.4 Å². The highest BCUT2D eigenvalue weighted by molar-refractivity contribution is 7.92. The van der Waals surface area contributed by atoms with E-state index < -0.39 is 21.8 Å². The monoisotopic (exact) mass is 449 g/mol. The van der Waals surface area contributed by atoms with Crippen LogP contribution < -0.4 is 10.5 Å². The van der Waals surface area contributed by atoms with Crippen LogP contribution in [0.5, 0.6) is 0 Å². The summed E-state index contributed by atoms with van der Waals surface area (Å²) in [6, 6.07) is 8.38. The van der Waals surface area contributed by atoms with Gasteiger partial charge in [0.1, 0.15) is 5.82 Å². The van der Waals surface area contributed by atoms with Crippen molar-refractivity contribution in [1.82, 2.24) is 4.90 Å². The third-order valence-electron chi connectivity index (χ3n) is 5.26. The molecule has 0 aliphatic carbocycles. The number of nitrogens with zero attached hydrogens (tertiary/aromatic N) is 1. The van der Waals surface area contributed by atoms with E-state index in [9.17, 15) is 22.4 Å². The number of nitrogens with two attached hydrogens (primary N) is 1. The Morgan fingerprint density at radius 1 is 1.29 bits per heavy atom. The zero-order chi connectivity index (χ0) is 22.8. The van der Waals surface area contributed by atoms with Gasteiger partial charge in [-0.05, 0) is 56.1 Å². The number of methoxy groups -OCH3 is 1. The summed E-state index contributed by atoms with van der Waals surface area (Å²) >= 11 is 0. The second-order valence-corrected chi connectivity index (χ2v) is 9.06. The Bertz CT molecular complexity index is 1120. The minimum absolute atomic E-state index is 0.113. The molecule has 2 aromatic carbocycles. The van der Waals surface area contributed by atoms with E-state index in [-0.39, 0.29) is 33.7 Å². The number of likely N-dealkylation sites (tertiary alicyclic amines) is 1. The van der Waals surface area contributed by atoms with Crippen LogP contribution in [-0.2, 0) is 26.1 Å². The van der Waals surface area contributed by atoms with E-state index in [4.69, 9.17) is 5.73 Å². The number of ether oxygens (including phenoxy) is 1. The van der Waals surface area contributed by atoms with Gasteiger partial charge in [0.05, 0.1) is 23.6 Å². The molecule has 1 saturated heterocycles. The fourth-order valence-electron chi connectivity index (χ4n) is 3.68. The topological polar surface area (TPSA) is 119 Å². The molecule has 1 aliphatic rings. The van der Waals surface area contributed by atoms with Gasteiger partial charge in [-0.15, -0.1) is 0 Å². The molecule has 31 heavy (non-hydrogen) atoms. The molecule has 1 aliphatic heterocycles. The van der Waals surface area contributed by atoms with Gasteiger partial charge in [-0.1, -0.05) is 12.1 Å². The summed E-state index contributed by atoms with van der Waals surface area (Å²) in [6.45, 7) is 2.48. The Balaban J connectivity index is 1.86. The van der Waals surface area contributed by atoms with Crippen LogP contribution >= 0.6 is 0 Å². The summed E-state index contributed by atoms with van der Waals surface area (Å²) in [5.74, 6) is -2.05. The van der Waals surface area contributed by atoms with E-state index in [0.29, 0.717) is 13.0 Å². The van der Waals surface area contributed by atoms with Crippen molar-refractivity contribution >= 4 is 27.6 Å². The third kappa shape index (κ3) is 5.02. The van der Waals surface area contributed by atoms with Crippen LogP contribution in [-0.4, -0.2) is 44.9 Å². The van der Waals surface area contributed by atoms with Crippen LogP contribution in [0.4, 0.5) is 10.1 Å². The maximum atomic E-state index is 14.3. The van der Waals surface area contributed by atoms with E-state index in [2.05, 4.69) is 9.46 Å². The number of carbonyl (C=O) groups is 2. The molecule has 1 unspecified atom stereocenters. The van der Waals surface area contributed by atoms with E-state index in [1.165, 1.54) is 6.92 Å². The van der Waals surface area contributed by atoms with Crippen molar-refractivity contribution in [2.24, 2.45) is 5.73 Å². The van der Waals surface area contributed by atoms with Crippen molar-refractivity contribution in [3.05, 3.63) is 58.9 Å². The summed E-state index contributed by atoms with van der Waals surface area (Å²) in [5.41, 5.74) is 6.20. The van der Waals surface area contributed by atoms with E-state index in [0.717, 1.165) is 37.8 Å². The Labute approximate surface area is 180 Å². The molecular formula is C21H24FN3O5S. The van der Waals surface area contributed by atoms with Gasteiger partial charge in [0.2, 0.25) is 5.91 Å². The van der Waals surface area contributed by atoms with Gasteiger partial charge in [0.15, 0.2) is 0 Å². The number of hydrogen-bond donors (Lipinski definition) is 2. The van der Waals surface area contributed by atoms with Crippen LogP contribution in [0.2, 0.25) is 0 Å². The number of nitrogens with one attached hydrogen (secondary N) is 1. The first-order valence-corrected chi connectivity index (χ1v) is 11.1. The number of halogens is 1. The summed E-state index contributed by atoms with van der Waals surface area (Å²) in [6.07, 6.45) is 1.56. The van der Waals surface area contributed by atoms with Crippen LogP contribution in [0.1, 0.15) is 34.3 Å². The van der Waals surface area contributed by atoms with Gasteiger partial charge < -0.3 is 10.5 Å². The maximum absolute atomic E-state index is 14.3. The maximum Gasteiger partial charge on any atom is 0.337 e. The van der Waals surface area contributed by atoms with Crippen molar-refractivity contribution < 1.29 is 27.1 Å². The molecule has 1 atom stereocenters. The molecule has 8 nitrogen and oxygen atoms in total. The highest BCUT2D eigenvalue weighted by atomic mass is 32.2. The van der Waals surface area contributed by atoms with E-state index in [1.807, 2.05) is 11.0 Å². The summed E-state index contributed by atoms with van der Waals surface area (Å²) in [4.78, 5) is 25.0. The highest BCUT2D eigenvalue weighted by Crippen LogP contribution is 2.25. The Morgan fingerprint density at radius 2 is 2.03 bits per heavy atom. The van der Waals surface area contributed by atoms with Crippen LogP contribution in [0.15, 0.2) is 41.3 Å². The average molecular weight is 450 g/mol. The number of sulfonamides is 1. The summed E-state index contributed by atoms with van der Waals surface area (Å²) < 4.78 is 47.1. The van der Waals surface area contributed by atoms with Gasteiger partial charge >= 0.3 is 5.97 Å². The SMILES string of the molecule is COC(=O)c1cc(F)c(C)c(S(=O)(=O)Nc2cccc(CN3CCCC3C(N)=O)c2)c1. The van der Waals surface area contributed by atoms with Crippen LogP contribution in [0.3, 0.4) is 0 Å². The summed E-state index contributed by atoms with van der Waals surface area (Å²) in [5, 5.41) is 0. The molecule has 0 bridgehead atoms. The van der Waals surface area contributed by atoms with Gasteiger partial charge in [-0.3, -0.25) is 14.4 Å². The molecule has 0 radical (unpaired) electrons. The Hall–Kier alpha value is -2.98. The van der Waals surface area contributed by atoms with E-state index >= 15 is 0 Å². The molecule has 1 fully saturated rings. The van der Waals surface area contributed by atoms with Gasteiger partial charge in [0.25, 0.3) is 10.0 Å². The number of rotatable bonds is 7. The lowest BCUT2D eigenvalue weighted by Crippen LogP contribution is -2.39. The zero-order valence-electron chi connectivity index (χ0n) is 17.2. The molecule has 1 heterocycles. The van der Waals surface area contributed by atoms with Crippen LogP contribution in [0, 0.1) is 12.7 Å². The van der Waals surface area contributed by atoms with Gasteiger partial charge in [0, 0.05) is 17.8 Å². The largest absolute Gasteiger partial charge is 0.465 e. The fourth-order valence-corrected chi connectivity index (χ4v) is 5.01. The number of amides is 1. The van der Waals surface area contributed by atoms with Gasteiger partial charge in [-0.2, -0.15) is 0 Å². The molecule has 1 amide bonds. The van der Waals surface area contributed by atoms with Crippen LogP contribution in [0.25, 0.3) is 0 Å². The Morgan fingerprint density at radius 3 is 2.71 bits per heavy atom. The predicted molar refractivity (Wildman–Crippen MR) is 112 cm³/mol. The molecule has 3 rings (SSSR count). The average Bonchev–Trinajstić information content (AvgIpc) is 3.17. The molecule has 0 aromatic heterocycles. The number of esters is 1. The first-order chi connectivity index (χ1) is 14.6. The lowest BCUT2D eigenvalue weighted by Gasteiger charge is -2.22. The minimum Gasteiger partial charge on any atom is -0.465 e. The standard InChI is InChI=1S/C21H24FN3O5S/c1-13-17(22)10-15(21(27)30-2)11-19(13)31(28,29)24-16-6-3-5-14(9-16)12-25-8-4-7-18(25)20(23)26/h3,5-6,9-11,18,24H,4,7-8,12H2,1-2H3,(H2,23,26). The van der Waals surface area contributed by atoms with Crippen molar-refractivity contribution in [3.8, 4) is 0 Å². The van der Waals surface area contributed by atoms with Crippen molar-refractivity contribution in [1.29, 1.82) is 0 Å².